The van der Waals surface area contributed by atoms with Crippen LogP contribution in [0.4, 0.5) is 0 Å². The minimum Gasteiger partial charge on any atom is -0.339 e. The number of nitrogens with zero attached hydrogens (tertiary/aromatic N) is 2. The first kappa shape index (κ1) is 14.9. The minimum atomic E-state index is 0.445. The normalized spacial score (nSPS) is 18.0. The lowest BCUT2D eigenvalue weighted by molar-refractivity contribution is 0.353. The molecule has 1 atom stereocenters. The fourth-order valence-electron chi connectivity index (χ4n) is 2.59. The first-order chi connectivity index (χ1) is 9.31. The second-order valence-corrected chi connectivity index (χ2v) is 6.59. The van der Waals surface area contributed by atoms with E-state index in [0.29, 0.717) is 6.04 Å². The molecule has 1 fully saturated rings. The zero-order chi connectivity index (χ0) is 13.5. The first-order valence-corrected chi connectivity index (χ1v) is 8.47. The molecule has 1 heterocycles. The first-order valence-electron chi connectivity index (χ1n) is 7.42. The van der Waals surface area contributed by atoms with Gasteiger partial charge in [-0.05, 0) is 26.3 Å². The van der Waals surface area contributed by atoms with Gasteiger partial charge >= 0.3 is 0 Å². The Balaban J connectivity index is 1.77. The van der Waals surface area contributed by atoms with Crippen molar-refractivity contribution < 1.29 is 4.52 Å². The van der Waals surface area contributed by atoms with Crippen LogP contribution < -0.4 is 5.32 Å². The molecule has 5 heteroatoms. The van der Waals surface area contributed by atoms with Gasteiger partial charge in [0, 0.05) is 17.7 Å². The van der Waals surface area contributed by atoms with Gasteiger partial charge in [-0.25, -0.2) is 0 Å². The number of thioether (sulfide) groups is 1. The third-order valence-electron chi connectivity index (χ3n) is 3.73. The van der Waals surface area contributed by atoms with E-state index in [1.807, 2.05) is 18.8 Å². The molecule has 4 nitrogen and oxygen atoms in total. The van der Waals surface area contributed by atoms with Gasteiger partial charge in [0.25, 0.3) is 0 Å². The van der Waals surface area contributed by atoms with Crippen LogP contribution in [0, 0.1) is 0 Å². The Kier molecular flexibility index (Phi) is 6.17. The third kappa shape index (κ3) is 4.80. The summed E-state index contributed by atoms with van der Waals surface area (Å²) in [6.45, 7) is 2.20. The van der Waals surface area contributed by atoms with Crippen molar-refractivity contribution in [2.45, 2.75) is 68.9 Å². The van der Waals surface area contributed by atoms with Gasteiger partial charge in [0.1, 0.15) is 0 Å². The van der Waals surface area contributed by atoms with Gasteiger partial charge in [0.05, 0.1) is 5.75 Å². The summed E-state index contributed by atoms with van der Waals surface area (Å²) in [6, 6.07) is 0.445. The highest BCUT2D eigenvalue weighted by Crippen LogP contribution is 2.30. The molecular weight excluding hydrogens is 258 g/mol. The lowest BCUT2D eigenvalue weighted by Gasteiger charge is -2.11. The molecule has 0 amide bonds. The van der Waals surface area contributed by atoms with E-state index in [0.717, 1.165) is 35.6 Å². The molecule has 1 aliphatic rings. The number of hydrogen-bond donors (Lipinski definition) is 1. The Labute approximate surface area is 120 Å². The summed E-state index contributed by atoms with van der Waals surface area (Å²) in [4.78, 5) is 4.50. The highest BCUT2D eigenvalue weighted by Gasteiger charge is 2.17. The summed E-state index contributed by atoms with van der Waals surface area (Å²) >= 11 is 1.98. The van der Waals surface area contributed by atoms with Gasteiger partial charge in [-0.2, -0.15) is 16.7 Å². The van der Waals surface area contributed by atoms with Crippen molar-refractivity contribution in [3.63, 3.8) is 0 Å². The number of nitrogens with one attached hydrogen (secondary N) is 1. The Morgan fingerprint density at radius 3 is 2.89 bits per heavy atom. The molecule has 1 aromatic heterocycles. The maximum Gasteiger partial charge on any atom is 0.228 e. The van der Waals surface area contributed by atoms with E-state index in [4.69, 9.17) is 4.52 Å². The molecular formula is C14H25N3OS. The predicted octanol–water partition coefficient (Wildman–Crippen LogP) is 3.18. The zero-order valence-electron chi connectivity index (χ0n) is 12.0. The number of rotatable bonds is 8. The average Bonchev–Trinajstić information content (AvgIpc) is 3.07. The highest BCUT2D eigenvalue weighted by molar-refractivity contribution is 7.99. The quantitative estimate of drug-likeness (QED) is 0.794. The van der Waals surface area contributed by atoms with Crippen LogP contribution in [0.2, 0.25) is 0 Å². The van der Waals surface area contributed by atoms with E-state index in [-0.39, 0.29) is 0 Å². The van der Waals surface area contributed by atoms with Crippen LogP contribution in [-0.4, -0.2) is 28.5 Å². The van der Waals surface area contributed by atoms with E-state index < -0.39 is 0 Å². The van der Waals surface area contributed by atoms with Crippen LogP contribution in [-0.2, 0) is 12.2 Å². The summed E-state index contributed by atoms with van der Waals surface area (Å²) < 4.78 is 5.34. The molecule has 0 saturated heterocycles. The van der Waals surface area contributed by atoms with Crippen molar-refractivity contribution in [1.82, 2.24) is 15.5 Å². The van der Waals surface area contributed by atoms with Crippen molar-refractivity contribution in [2.24, 2.45) is 0 Å². The van der Waals surface area contributed by atoms with Crippen molar-refractivity contribution >= 4 is 11.8 Å². The summed E-state index contributed by atoms with van der Waals surface area (Å²) in [6.07, 6.45) is 8.63. The maximum absolute atomic E-state index is 5.34. The molecule has 0 radical (unpaired) electrons. The largest absolute Gasteiger partial charge is 0.339 e. The fraction of sp³-hybridized carbons (Fsp3) is 0.857. The Morgan fingerprint density at radius 2 is 2.21 bits per heavy atom. The standard InChI is InChI=1S/C14H25N3OS/c1-3-6-11(15-2)9-14-16-13(17-18-14)10-19-12-7-4-5-8-12/h11-12,15H,3-10H2,1-2H3. The molecule has 1 aromatic rings. The van der Waals surface area contributed by atoms with Crippen LogP contribution in [0.15, 0.2) is 4.52 Å². The smallest absolute Gasteiger partial charge is 0.228 e. The van der Waals surface area contributed by atoms with Crippen molar-refractivity contribution in [1.29, 1.82) is 0 Å². The summed E-state index contributed by atoms with van der Waals surface area (Å²) in [5.41, 5.74) is 0. The molecule has 2 rings (SSSR count). The summed E-state index contributed by atoms with van der Waals surface area (Å²) in [5, 5.41) is 8.21. The zero-order valence-corrected chi connectivity index (χ0v) is 12.8. The second-order valence-electron chi connectivity index (χ2n) is 5.30. The van der Waals surface area contributed by atoms with Crippen LogP contribution in [0.25, 0.3) is 0 Å². The lowest BCUT2D eigenvalue weighted by Crippen LogP contribution is -2.27. The molecule has 1 N–H and O–H groups in total. The Bertz CT molecular complexity index is 363. The summed E-state index contributed by atoms with van der Waals surface area (Å²) in [7, 11) is 1.99. The van der Waals surface area contributed by atoms with Crippen molar-refractivity contribution in [3.8, 4) is 0 Å². The molecule has 0 spiro atoms. The Hall–Kier alpha value is -0.550. The third-order valence-corrected chi connectivity index (χ3v) is 5.09. The van der Waals surface area contributed by atoms with E-state index in [2.05, 4.69) is 22.4 Å². The molecule has 0 bridgehead atoms. The lowest BCUT2D eigenvalue weighted by atomic mass is 10.1. The maximum atomic E-state index is 5.34. The fourth-order valence-corrected chi connectivity index (χ4v) is 3.76. The topological polar surface area (TPSA) is 51.0 Å². The van der Waals surface area contributed by atoms with Crippen LogP contribution in [0.5, 0.6) is 0 Å². The van der Waals surface area contributed by atoms with Crippen LogP contribution in [0.3, 0.4) is 0 Å². The Morgan fingerprint density at radius 1 is 1.42 bits per heavy atom. The predicted molar refractivity (Wildman–Crippen MR) is 79.3 cm³/mol. The van der Waals surface area contributed by atoms with Gasteiger partial charge in [-0.3, -0.25) is 0 Å². The van der Waals surface area contributed by atoms with Gasteiger partial charge in [-0.1, -0.05) is 31.3 Å². The second kappa shape index (κ2) is 7.90. The average molecular weight is 283 g/mol. The molecule has 0 aliphatic heterocycles. The van der Waals surface area contributed by atoms with E-state index >= 15 is 0 Å². The molecule has 1 aliphatic carbocycles. The molecule has 0 aromatic carbocycles. The van der Waals surface area contributed by atoms with E-state index in [1.54, 1.807) is 0 Å². The van der Waals surface area contributed by atoms with Crippen molar-refractivity contribution in [2.75, 3.05) is 7.05 Å². The van der Waals surface area contributed by atoms with Gasteiger partial charge < -0.3 is 9.84 Å². The van der Waals surface area contributed by atoms with Gasteiger partial charge in [0.2, 0.25) is 5.89 Å². The van der Waals surface area contributed by atoms with Crippen LogP contribution in [0.1, 0.15) is 57.2 Å². The number of hydrogen-bond acceptors (Lipinski definition) is 5. The SMILES string of the molecule is CCCC(Cc1nc(CSC2CCCC2)no1)NC. The highest BCUT2D eigenvalue weighted by atomic mass is 32.2. The molecule has 108 valence electrons. The van der Waals surface area contributed by atoms with Gasteiger partial charge in [0.15, 0.2) is 5.82 Å². The van der Waals surface area contributed by atoms with E-state index in [1.165, 1.54) is 32.1 Å². The van der Waals surface area contributed by atoms with E-state index in [9.17, 15) is 0 Å². The number of likely N-dealkylation sites (N-methyl/N-ethyl adjacent to an activating group) is 1. The molecule has 1 unspecified atom stereocenters. The van der Waals surface area contributed by atoms with Crippen molar-refractivity contribution in [3.05, 3.63) is 11.7 Å². The molecule has 1 saturated carbocycles. The van der Waals surface area contributed by atoms with Crippen LogP contribution >= 0.6 is 11.8 Å². The monoisotopic (exact) mass is 283 g/mol. The minimum absolute atomic E-state index is 0.445. The molecule has 19 heavy (non-hydrogen) atoms. The number of aromatic nitrogens is 2. The van der Waals surface area contributed by atoms with Gasteiger partial charge in [-0.15, -0.1) is 0 Å². The summed E-state index contributed by atoms with van der Waals surface area (Å²) in [5.74, 6) is 2.53.